The van der Waals surface area contributed by atoms with Gasteiger partial charge in [-0.2, -0.15) is 0 Å². The van der Waals surface area contributed by atoms with Gasteiger partial charge in [-0.25, -0.2) is 0 Å². The number of aromatic amines is 1. The third-order valence-corrected chi connectivity index (χ3v) is 3.71. The van der Waals surface area contributed by atoms with E-state index in [9.17, 15) is 9.90 Å². The van der Waals surface area contributed by atoms with Crippen LogP contribution in [0.25, 0.3) is 10.9 Å². The van der Waals surface area contributed by atoms with Gasteiger partial charge >= 0.3 is 0 Å². The zero-order valence-corrected chi connectivity index (χ0v) is 12.3. The Hall–Kier alpha value is -2.59. The van der Waals surface area contributed by atoms with E-state index in [4.69, 9.17) is 0 Å². The molecule has 3 aromatic rings. The van der Waals surface area contributed by atoms with E-state index in [1.165, 1.54) is 0 Å². The van der Waals surface area contributed by atoms with Crippen molar-refractivity contribution in [3.05, 3.63) is 71.4 Å². The first-order valence-corrected chi connectivity index (χ1v) is 7.23. The number of aryl methyl sites for hydroxylation is 1. The van der Waals surface area contributed by atoms with E-state index >= 15 is 0 Å². The largest absolute Gasteiger partial charge is 0.394 e. The number of aliphatic hydroxyl groups is 1. The van der Waals surface area contributed by atoms with E-state index in [1.807, 2.05) is 61.5 Å². The van der Waals surface area contributed by atoms with Crippen LogP contribution >= 0.6 is 0 Å². The smallest absolute Gasteiger partial charge is 0.268 e. The summed E-state index contributed by atoms with van der Waals surface area (Å²) < 4.78 is 0. The van der Waals surface area contributed by atoms with Crippen molar-refractivity contribution in [1.29, 1.82) is 0 Å². The molecule has 1 unspecified atom stereocenters. The summed E-state index contributed by atoms with van der Waals surface area (Å²) >= 11 is 0. The van der Waals surface area contributed by atoms with Gasteiger partial charge in [0.2, 0.25) is 0 Å². The predicted octanol–water partition coefficient (Wildman–Crippen LogP) is 2.94. The van der Waals surface area contributed by atoms with E-state index in [0.29, 0.717) is 5.69 Å². The fraction of sp³-hybridized carbons (Fsp3) is 0.167. The molecule has 0 bridgehead atoms. The highest BCUT2D eigenvalue weighted by molar-refractivity contribution is 5.98. The lowest BCUT2D eigenvalue weighted by Gasteiger charge is -2.16. The van der Waals surface area contributed by atoms with Crippen LogP contribution in [0.3, 0.4) is 0 Å². The lowest BCUT2D eigenvalue weighted by Crippen LogP contribution is -2.30. The highest BCUT2D eigenvalue weighted by Crippen LogP contribution is 2.18. The molecular formula is C18H18N2O2. The van der Waals surface area contributed by atoms with Gasteiger partial charge < -0.3 is 15.4 Å². The summed E-state index contributed by atoms with van der Waals surface area (Å²) in [6.07, 6.45) is 0. The van der Waals surface area contributed by atoms with Crippen molar-refractivity contribution in [3.63, 3.8) is 0 Å². The number of nitrogens with one attached hydrogen (secondary N) is 2. The maximum absolute atomic E-state index is 12.4. The lowest BCUT2D eigenvalue weighted by molar-refractivity contribution is 0.0912. The summed E-state index contributed by atoms with van der Waals surface area (Å²) in [5.74, 6) is -0.225. The average molecular weight is 294 g/mol. The fourth-order valence-corrected chi connectivity index (χ4v) is 2.52. The maximum atomic E-state index is 12.4. The third kappa shape index (κ3) is 2.87. The number of carbonyl (C=O) groups is 1. The lowest BCUT2D eigenvalue weighted by atomic mass is 10.1. The summed E-state index contributed by atoms with van der Waals surface area (Å²) in [6, 6.07) is 16.9. The second kappa shape index (κ2) is 6.03. The van der Waals surface area contributed by atoms with Crippen molar-refractivity contribution < 1.29 is 9.90 Å². The molecule has 1 aromatic heterocycles. The van der Waals surface area contributed by atoms with Gasteiger partial charge in [-0.3, -0.25) is 4.79 Å². The van der Waals surface area contributed by atoms with Crippen molar-refractivity contribution in [1.82, 2.24) is 10.3 Å². The monoisotopic (exact) mass is 294 g/mol. The second-order valence-electron chi connectivity index (χ2n) is 5.39. The van der Waals surface area contributed by atoms with E-state index < -0.39 is 6.04 Å². The number of carbonyl (C=O) groups excluding carboxylic acids is 1. The van der Waals surface area contributed by atoms with Crippen molar-refractivity contribution in [2.75, 3.05) is 6.61 Å². The van der Waals surface area contributed by atoms with Crippen LogP contribution in [0.2, 0.25) is 0 Å². The number of hydrogen-bond acceptors (Lipinski definition) is 2. The minimum Gasteiger partial charge on any atom is -0.394 e. The average Bonchev–Trinajstić information content (AvgIpc) is 2.96. The first-order chi connectivity index (χ1) is 10.7. The summed E-state index contributed by atoms with van der Waals surface area (Å²) in [7, 11) is 0. The molecule has 4 nitrogen and oxygen atoms in total. The minimum atomic E-state index is -0.415. The summed E-state index contributed by atoms with van der Waals surface area (Å²) in [4.78, 5) is 15.5. The van der Waals surface area contributed by atoms with Gasteiger partial charge in [0.1, 0.15) is 5.69 Å². The molecule has 0 aliphatic heterocycles. The molecule has 4 heteroatoms. The molecule has 3 N–H and O–H groups in total. The van der Waals surface area contributed by atoms with Crippen LogP contribution in [0.1, 0.15) is 27.7 Å². The number of H-pyrrole nitrogens is 1. The van der Waals surface area contributed by atoms with Crippen LogP contribution < -0.4 is 5.32 Å². The Balaban J connectivity index is 1.83. The molecule has 0 fully saturated rings. The number of rotatable bonds is 4. The van der Waals surface area contributed by atoms with Gasteiger partial charge in [0, 0.05) is 10.9 Å². The molecule has 1 heterocycles. The van der Waals surface area contributed by atoms with Crippen molar-refractivity contribution in [3.8, 4) is 0 Å². The molecule has 0 saturated carbocycles. The first kappa shape index (κ1) is 14.4. The normalized spacial score (nSPS) is 12.3. The number of benzene rings is 2. The molecule has 2 aromatic carbocycles. The highest BCUT2D eigenvalue weighted by atomic mass is 16.3. The Labute approximate surface area is 128 Å². The SMILES string of the molecule is Cc1ccc2cc(C(=O)NC(CO)c3ccccc3)[nH]c2c1. The van der Waals surface area contributed by atoms with E-state index in [1.54, 1.807) is 0 Å². The molecule has 0 saturated heterocycles. The molecule has 0 radical (unpaired) electrons. The number of aromatic nitrogens is 1. The number of aliphatic hydroxyl groups excluding tert-OH is 1. The van der Waals surface area contributed by atoms with Crippen molar-refractivity contribution in [2.45, 2.75) is 13.0 Å². The van der Waals surface area contributed by atoms with Crippen LogP contribution in [0.4, 0.5) is 0 Å². The summed E-state index contributed by atoms with van der Waals surface area (Å²) in [5.41, 5.74) is 3.45. The predicted molar refractivity (Wildman–Crippen MR) is 86.8 cm³/mol. The molecule has 112 valence electrons. The number of hydrogen-bond donors (Lipinski definition) is 3. The van der Waals surface area contributed by atoms with Gasteiger partial charge in [-0.15, -0.1) is 0 Å². The van der Waals surface area contributed by atoms with Gasteiger partial charge in [0.25, 0.3) is 5.91 Å². The molecule has 1 amide bonds. The van der Waals surface area contributed by atoms with E-state index in [2.05, 4.69) is 10.3 Å². The second-order valence-corrected chi connectivity index (χ2v) is 5.39. The zero-order chi connectivity index (χ0) is 15.5. The molecule has 0 aliphatic carbocycles. The van der Waals surface area contributed by atoms with Crippen molar-refractivity contribution in [2.24, 2.45) is 0 Å². The topological polar surface area (TPSA) is 65.1 Å². The van der Waals surface area contributed by atoms with E-state index in [0.717, 1.165) is 22.0 Å². The molecule has 0 aliphatic rings. The number of amides is 1. The van der Waals surface area contributed by atoms with Crippen LogP contribution in [0, 0.1) is 6.92 Å². The zero-order valence-electron chi connectivity index (χ0n) is 12.3. The first-order valence-electron chi connectivity index (χ1n) is 7.23. The highest BCUT2D eigenvalue weighted by Gasteiger charge is 2.16. The fourth-order valence-electron chi connectivity index (χ4n) is 2.52. The van der Waals surface area contributed by atoms with Crippen LogP contribution in [0.5, 0.6) is 0 Å². The van der Waals surface area contributed by atoms with E-state index in [-0.39, 0.29) is 12.5 Å². The van der Waals surface area contributed by atoms with Gasteiger partial charge in [-0.05, 0) is 30.2 Å². The third-order valence-electron chi connectivity index (χ3n) is 3.71. The van der Waals surface area contributed by atoms with Gasteiger partial charge in [0.15, 0.2) is 0 Å². The quantitative estimate of drug-likeness (QED) is 0.692. The molecule has 22 heavy (non-hydrogen) atoms. The van der Waals surface area contributed by atoms with Crippen LogP contribution in [-0.4, -0.2) is 22.6 Å². The molecule has 1 atom stereocenters. The Bertz CT molecular complexity index is 793. The minimum absolute atomic E-state index is 0.144. The molecule has 3 rings (SSSR count). The number of fused-ring (bicyclic) bond motifs is 1. The Morgan fingerprint density at radius 2 is 1.95 bits per heavy atom. The summed E-state index contributed by atoms with van der Waals surface area (Å²) in [5, 5.41) is 13.4. The van der Waals surface area contributed by atoms with Crippen LogP contribution in [0.15, 0.2) is 54.6 Å². The van der Waals surface area contributed by atoms with Gasteiger partial charge in [0.05, 0.1) is 12.6 Å². The summed E-state index contributed by atoms with van der Waals surface area (Å²) in [6.45, 7) is 1.87. The van der Waals surface area contributed by atoms with Crippen molar-refractivity contribution >= 4 is 16.8 Å². The Morgan fingerprint density at radius 1 is 1.18 bits per heavy atom. The molecular weight excluding hydrogens is 276 g/mol. The van der Waals surface area contributed by atoms with Gasteiger partial charge in [-0.1, -0.05) is 42.5 Å². The molecule has 0 spiro atoms. The van der Waals surface area contributed by atoms with Crippen LogP contribution in [-0.2, 0) is 0 Å². The maximum Gasteiger partial charge on any atom is 0.268 e. The Kier molecular flexibility index (Phi) is 3.94. The Morgan fingerprint density at radius 3 is 2.68 bits per heavy atom. The standard InChI is InChI=1S/C18H18N2O2/c1-12-7-8-14-10-16(19-15(14)9-12)18(22)20-17(11-21)13-5-3-2-4-6-13/h2-10,17,19,21H,11H2,1H3,(H,20,22).